The summed E-state index contributed by atoms with van der Waals surface area (Å²) >= 11 is 0. The SMILES string of the molecule is CCS(=O)(=O)c1ccc(O)c(NC(=O)C2=NN(c3ccccc3)C(C(C)=O)C2)c1. The number of hydrazone groups is 1. The van der Waals surface area contributed by atoms with Crippen LogP contribution in [0.5, 0.6) is 5.75 Å². The lowest BCUT2D eigenvalue weighted by Gasteiger charge is -2.20. The molecule has 0 bridgehead atoms. The van der Waals surface area contributed by atoms with E-state index in [-0.39, 0.29) is 40.0 Å². The average molecular weight is 415 g/mol. The van der Waals surface area contributed by atoms with Gasteiger partial charge in [-0.05, 0) is 37.3 Å². The molecule has 0 radical (unpaired) electrons. The van der Waals surface area contributed by atoms with Gasteiger partial charge in [0.15, 0.2) is 15.6 Å². The van der Waals surface area contributed by atoms with Crippen LogP contribution < -0.4 is 10.3 Å². The largest absolute Gasteiger partial charge is 0.506 e. The van der Waals surface area contributed by atoms with Gasteiger partial charge in [0.2, 0.25) is 0 Å². The molecule has 0 aromatic heterocycles. The predicted octanol–water partition coefficient (Wildman–Crippen LogP) is 2.35. The smallest absolute Gasteiger partial charge is 0.272 e. The Morgan fingerprint density at radius 3 is 2.52 bits per heavy atom. The summed E-state index contributed by atoms with van der Waals surface area (Å²) in [6.45, 7) is 2.94. The van der Waals surface area contributed by atoms with Crippen LogP contribution in [0.15, 0.2) is 58.5 Å². The van der Waals surface area contributed by atoms with Crippen LogP contribution in [0.3, 0.4) is 0 Å². The maximum absolute atomic E-state index is 12.7. The van der Waals surface area contributed by atoms with Crippen molar-refractivity contribution in [2.75, 3.05) is 16.1 Å². The van der Waals surface area contributed by atoms with Gasteiger partial charge in [-0.1, -0.05) is 25.1 Å². The zero-order valence-corrected chi connectivity index (χ0v) is 16.8. The molecule has 29 heavy (non-hydrogen) atoms. The number of ketones is 1. The second kappa shape index (κ2) is 8.04. The highest BCUT2D eigenvalue weighted by Crippen LogP contribution is 2.29. The van der Waals surface area contributed by atoms with E-state index in [0.29, 0.717) is 5.69 Å². The fourth-order valence-corrected chi connectivity index (χ4v) is 3.86. The Balaban J connectivity index is 1.88. The second-order valence-corrected chi connectivity index (χ2v) is 8.87. The van der Waals surface area contributed by atoms with Crippen molar-refractivity contribution in [3.8, 4) is 5.75 Å². The monoisotopic (exact) mass is 415 g/mol. The lowest BCUT2D eigenvalue weighted by molar-refractivity contribution is -0.118. The van der Waals surface area contributed by atoms with Crippen molar-refractivity contribution in [2.24, 2.45) is 5.10 Å². The van der Waals surface area contributed by atoms with E-state index in [4.69, 9.17) is 0 Å². The number of hydrogen-bond donors (Lipinski definition) is 2. The first-order chi connectivity index (χ1) is 13.7. The van der Waals surface area contributed by atoms with E-state index >= 15 is 0 Å². The Morgan fingerprint density at radius 2 is 1.90 bits per heavy atom. The zero-order chi connectivity index (χ0) is 21.2. The Morgan fingerprint density at radius 1 is 1.21 bits per heavy atom. The van der Waals surface area contributed by atoms with Crippen LogP contribution >= 0.6 is 0 Å². The number of para-hydroxylation sites is 1. The van der Waals surface area contributed by atoms with Gasteiger partial charge in [0.25, 0.3) is 5.91 Å². The van der Waals surface area contributed by atoms with E-state index in [2.05, 4.69) is 10.4 Å². The van der Waals surface area contributed by atoms with Crippen LogP contribution in [0.4, 0.5) is 11.4 Å². The van der Waals surface area contributed by atoms with Gasteiger partial charge in [-0.15, -0.1) is 0 Å². The summed E-state index contributed by atoms with van der Waals surface area (Å²) in [6.07, 6.45) is 0.101. The number of phenols is 1. The fourth-order valence-electron chi connectivity index (χ4n) is 2.95. The van der Waals surface area contributed by atoms with Crippen molar-refractivity contribution >= 4 is 38.6 Å². The van der Waals surface area contributed by atoms with Gasteiger partial charge in [0.1, 0.15) is 17.5 Å². The molecule has 2 N–H and O–H groups in total. The molecule has 1 aliphatic rings. The molecule has 1 unspecified atom stereocenters. The third-order valence-electron chi connectivity index (χ3n) is 4.62. The van der Waals surface area contributed by atoms with Crippen molar-refractivity contribution in [1.82, 2.24) is 0 Å². The average Bonchev–Trinajstić information content (AvgIpc) is 3.16. The summed E-state index contributed by atoms with van der Waals surface area (Å²) in [5.74, 6) is -1.13. The van der Waals surface area contributed by atoms with Gasteiger partial charge in [-0.3, -0.25) is 14.6 Å². The van der Waals surface area contributed by atoms with Crippen LogP contribution in [0.1, 0.15) is 20.3 Å². The number of Topliss-reactive ketones (excluding diaryl/α,β-unsaturated/α-hetero) is 1. The standard InChI is InChI=1S/C20H21N3O5S/c1-3-29(27,28)15-9-10-19(25)16(11-15)21-20(26)17-12-18(13(2)24)23(22-17)14-7-5-4-6-8-14/h4-11,18,25H,3,12H2,1-2H3,(H,21,26). The maximum atomic E-state index is 12.7. The minimum absolute atomic E-state index is 0.00557. The molecule has 152 valence electrons. The molecular formula is C20H21N3O5S. The topological polar surface area (TPSA) is 116 Å². The number of nitrogens with one attached hydrogen (secondary N) is 1. The molecule has 2 aromatic carbocycles. The van der Waals surface area contributed by atoms with Gasteiger partial charge in [-0.25, -0.2) is 8.42 Å². The number of nitrogens with zero attached hydrogens (tertiary/aromatic N) is 2. The summed E-state index contributed by atoms with van der Waals surface area (Å²) in [7, 11) is -3.50. The molecule has 1 heterocycles. The Labute approximate surface area is 168 Å². The van der Waals surface area contributed by atoms with Crippen molar-refractivity contribution in [3.63, 3.8) is 0 Å². The molecule has 2 aromatic rings. The third-order valence-corrected chi connectivity index (χ3v) is 6.35. The van der Waals surface area contributed by atoms with E-state index in [1.165, 1.54) is 37.1 Å². The zero-order valence-electron chi connectivity index (χ0n) is 16.0. The normalized spacial score (nSPS) is 16.4. The number of amides is 1. The number of carbonyl (C=O) groups excluding carboxylic acids is 2. The lowest BCUT2D eigenvalue weighted by Crippen LogP contribution is -2.33. The number of rotatable bonds is 6. The maximum Gasteiger partial charge on any atom is 0.272 e. The van der Waals surface area contributed by atoms with Gasteiger partial charge < -0.3 is 10.4 Å². The summed E-state index contributed by atoms with van der Waals surface area (Å²) in [6, 6.07) is 12.1. The second-order valence-electron chi connectivity index (χ2n) is 6.59. The number of benzene rings is 2. The number of sulfone groups is 1. The van der Waals surface area contributed by atoms with E-state index < -0.39 is 21.8 Å². The quantitative estimate of drug-likeness (QED) is 0.700. The first kappa shape index (κ1) is 20.5. The van der Waals surface area contributed by atoms with Crippen LogP contribution in [0.2, 0.25) is 0 Å². The molecule has 0 saturated heterocycles. The number of hydrogen-bond acceptors (Lipinski definition) is 7. The molecule has 9 heteroatoms. The minimum Gasteiger partial charge on any atom is -0.506 e. The molecule has 8 nitrogen and oxygen atoms in total. The summed E-state index contributed by atoms with van der Waals surface area (Å²) < 4.78 is 24.1. The summed E-state index contributed by atoms with van der Waals surface area (Å²) in [5, 5.41) is 18.3. The third kappa shape index (κ3) is 4.29. The van der Waals surface area contributed by atoms with Crippen LogP contribution in [-0.2, 0) is 19.4 Å². The Kier molecular flexibility index (Phi) is 5.69. The molecule has 0 saturated carbocycles. The summed E-state index contributed by atoms with van der Waals surface area (Å²) in [4.78, 5) is 24.7. The molecule has 1 amide bonds. The molecular weight excluding hydrogens is 394 g/mol. The van der Waals surface area contributed by atoms with E-state index in [9.17, 15) is 23.1 Å². The fraction of sp³-hybridized carbons (Fsp3) is 0.250. The highest BCUT2D eigenvalue weighted by atomic mass is 32.2. The van der Waals surface area contributed by atoms with Crippen molar-refractivity contribution in [3.05, 3.63) is 48.5 Å². The molecule has 3 rings (SSSR count). The van der Waals surface area contributed by atoms with E-state index in [0.717, 1.165) is 0 Å². The Bertz CT molecular complexity index is 1080. The molecule has 1 aliphatic heterocycles. The van der Waals surface area contributed by atoms with Gasteiger partial charge in [-0.2, -0.15) is 5.10 Å². The van der Waals surface area contributed by atoms with Crippen molar-refractivity contribution < 1.29 is 23.1 Å². The van der Waals surface area contributed by atoms with Gasteiger partial charge >= 0.3 is 0 Å². The molecule has 1 atom stereocenters. The van der Waals surface area contributed by atoms with Gasteiger partial charge in [0.05, 0.1) is 22.0 Å². The Hall–Kier alpha value is -3.20. The minimum atomic E-state index is -3.50. The predicted molar refractivity (Wildman–Crippen MR) is 110 cm³/mol. The number of anilines is 2. The molecule has 0 spiro atoms. The van der Waals surface area contributed by atoms with Crippen molar-refractivity contribution in [2.45, 2.75) is 31.2 Å². The van der Waals surface area contributed by atoms with E-state index in [1.807, 2.05) is 6.07 Å². The van der Waals surface area contributed by atoms with Crippen LogP contribution in [-0.4, -0.2) is 42.7 Å². The first-order valence-electron chi connectivity index (χ1n) is 9.02. The molecule has 0 fully saturated rings. The van der Waals surface area contributed by atoms with Crippen molar-refractivity contribution in [1.29, 1.82) is 0 Å². The highest BCUT2D eigenvalue weighted by Gasteiger charge is 2.34. The van der Waals surface area contributed by atoms with Crippen LogP contribution in [0.25, 0.3) is 0 Å². The van der Waals surface area contributed by atoms with Crippen LogP contribution in [0, 0.1) is 0 Å². The number of phenolic OH excluding ortho intramolecular Hbond substituents is 1. The number of carbonyl (C=O) groups is 2. The van der Waals surface area contributed by atoms with E-state index in [1.54, 1.807) is 24.3 Å². The van der Waals surface area contributed by atoms with Gasteiger partial charge in [0, 0.05) is 6.42 Å². The molecule has 0 aliphatic carbocycles. The number of aromatic hydroxyl groups is 1. The highest BCUT2D eigenvalue weighted by molar-refractivity contribution is 7.91. The first-order valence-corrected chi connectivity index (χ1v) is 10.7. The summed E-state index contributed by atoms with van der Waals surface area (Å²) in [5.41, 5.74) is 0.747. The lowest BCUT2D eigenvalue weighted by atomic mass is 10.1.